The number of methoxy groups -OCH3 is 1. The van der Waals surface area contributed by atoms with Crippen LogP contribution in [0.4, 0.5) is 0 Å². The Kier molecular flexibility index (Phi) is 8.34. The van der Waals surface area contributed by atoms with Crippen LogP contribution in [0, 0.1) is 17.8 Å². The van der Waals surface area contributed by atoms with Crippen LogP contribution < -0.4 is 4.74 Å². The van der Waals surface area contributed by atoms with Crippen molar-refractivity contribution in [2.24, 2.45) is 17.8 Å². The molecule has 0 saturated carbocycles. The van der Waals surface area contributed by atoms with E-state index in [0.717, 1.165) is 60.9 Å². The van der Waals surface area contributed by atoms with Crippen molar-refractivity contribution >= 4 is 16.9 Å². The Hall–Kier alpha value is -4.02. The summed E-state index contributed by atoms with van der Waals surface area (Å²) in [6.07, 6.45) is 12.6. The number of rotatable bonds is 9. The van der Waals surface area contributed by atoms with Gasteiger partial charge in [-0.3, -0.25) is 14.8 Å². The molecule has 2 aliphatic rings. The normalized spacial score (nSPS) is 21.5. The largest absolute Gasteiger partial charge is 0.497 e. The molecule has 4 aromatic rings. The van der Waals surface area contributed by atoms with Gasteiger partial charge in [0.25, 0.3) is 0 Å². The molecule has 2 unspecified atom stereocenters. The Morgan fingerprint density at radius 1 is 1.12 bits per heavy atom. The van der Waals surface area contributed by atoms with Crippen LogP contribution in [0.1, 0.15) is 48.6 Å². The van der Waals surface area contributed by atoms with Gasteiger partial charge in [0.15, 0.2) is 5.82 Å². The van der Waals surface area contributed by atoms with Crippen LogP contribution in [0.25, 0.3) is 22.4 Å². The second-order valence-corrected chi connectivity index (χ2v) is 11.5. The van der Waals surface area contributed by atoms with Gasteiger partial charge in [0, 0.05) is 49.0 Å². The lowest BCUT2D eigenvalue weighted by Crippen LogP contribution is -2.46. The number of benzene rings is 1. The Bertz CT molecular complexity index is 1550. The summed E-state index contributed by atoms with van der Waals surface area (Å²) in [6.45, 7) is 2.28. The summed E-state index contributed by atoms with van der Waals surface area (Å²) in [4.78, 5) is 36.8. The zero-order valence-corrected chi connectivity index (χ0v) is 23.8. The molecule has 0 amide bonds. The summed E-state index contributed by atoms with van der Waals surface area (Å²) < 4.78 is 5.37. The van der Waals surface area contributed by atoms with E-state index in [9.17, 15) is 15.0 Å². The van der Waals surface area contributed by atoms with Crippen molar-refractivity contribution in [2.45, 2.75) is 44.6 Å². The summed E-state index contributed by atoms with van der Waals surface area (Å²) >= 11 is 0. The van der Waals surface area contributed by atoms with Crippen LogP contribution in [-0.4, -0.2) is 72.7 Å². The third-order valence-corrected chi connectivity index (χ3v) is 8.87. The molecule has 42 heavy (non-hydrogen) atoms. The average Bonchev–Trinajstić information content (AvgIpc) is 3.03. The molecule has 2 N–H and O–H groups in total. The van der Waals surface area contributed by atoms with Gasteiger partial charge in [0.2, 0.25) is 0 Å². The van der Waals surface area contributed by atoms with Crippen LogP contribution in [-0.2, 0) is 17.6 Å². The number of aliphatic carboxylic acids is 1. The predicted octanol–water partition coefficient (Wildman–Crippen LogP) is 4.13. The molecule has 1 saturated heterocycles. The first-order valence-electron chi connectivity index (χ1n) is 14.7. The smallest absolute Gasteiger partial charge is 0.308 e. The molecule has 1 aromatic carbocycles. The molecule has 218 valence electrons. The molecule has 10 nitrogen and oxygen atoms in total. The third-order valence-electron chi connectivity index (χ3n) is 8.87. The van der Waals surface area contributed by atoms with Crippen molar-refractivity contribution in [3.63, 3.8) is 0 Å². The fourth-order valence-corrected chi connectivity index (χ4v) is 6.59. The standard InChI is InChI=1S/C32H36N6O4/c1-42-23-4-6-28-25(15-23)24(8-10-34-28)30(39)7-3-21-9-13-38(19-26(21)32(40)41)18-20-2-5-27-22(14-20)16-36-31(37-27)29-17-33-11-12-35-29/h4,6,8,10-12,15-17,20-21,26,30,39H,2-3,5,7,9,13-14,18-19H2,1H3,(H,40,41)/t20?,21-,26+,30?/m1/s1. The minimum atomic E-state index is -0.753. The predicted molar refractivity (Wildman–Crippen MR) is 157 cm³/mol. The van der Waals surface area contributed by atoms with Crippen molar-refractivity contribution in [1.29, 1.82) is 0 Å². The number of carboxylic acids is 1. The van der Waals surface area contributed by atoms with Gasteiger partial charge in [-0.25, -0.2) is 15.0 Å². The number of hydrogen-bond donors (Lipinski definition) is 2. The van der Waals surface area contributed by atoms with Gasteiger partial charge in [-0.15, -0.1) is 0 Å². The molecule has 0 bridgehead atoms. The van der Waals surface area contributed by atoms with Gasteiger partial charge in [-0.2, -0.15) is 0 Å². The maximum absolute atomic E-state index is 12.3. The van der Waals surface area contributed by atoms with Crippen molar-refractivity contribution in [1.82, 2.24) is 29.8 Å². The number of pyridine rings is 1. The van der Waals surface area contributed by atoms with E-state index < -0.39 is 18.0 Å². The third kappa shape index (κ3) is 6.10. The number of aliphatic hydroxyl groups excluding tert-OH is 1. The highest BCUT2D eigenvalue weighted by atomic mass is 16.5. The summed E-state index contributed by atoms with van der Waals surface area (Å²) in [5.74, 6) is 0.576. The van der Waals surface area contributed by atoms with E-state index in [1.165, 1.54) is 5.56 Å². The maximum Gasteiger partial charge on any atom is 0.308 e. The second kappa shape index (κ2) is 12.5. The SMILES string of the molecule is COc1ccc2nccc(C(O)CC[C@@H]3CCN(CC4CCc5nc(-c6cnccn6)ncc5C4)C[C@@H]3C(=O)O)c2c1. The summed E-state index contributed by atoms with van der Waals surface area (Å²) in [5, 5.41) is 22.1. The van der Waals surface area contributed by atoms with Crippen LogP contribution >= 0.6 is 0 Å². The molecule has 1 aliphatic carbocycles. The van der Waals surface area contributed by atoms with E-state index >= 15 is 0 Å². The highest BCUT2D eigenvalue weighted by molar-refractivity contribution is 5.83. The molecule has 6 rings (SSSR count). The van der Waals surface area contributed by atoms with Crippen molar-refractivity contribution in [2.75, 3.05) is 26.7 Å². The van der Waals surface area contributed by atoms with Gasteiger partial charge in [-0.1, -0.05) is 0 Å². The van der Waals surface area contributed by atoms with E-state index in [1.54, 1.807) is 31.9 Å². The molecule has 1 fully saturated rings. The molecule has 10 heteroatoms. The lowest BCUT2D eigenvalue weighted by Gasteiger charge is -2.39. The maximum atomic E-state index is 12.3. The van der Waals surface area contributed by atoms with E-state index in [4.69, 9.17) is 9.72 Å². The highest BCUT2D eigenvalue weighted by Gasteiger charge is 2.35. The van der Waals surface area contributed by atoms with Gasteiger partial charge in [-0.05, 0) is 92.3 Å². The monoisotopic (exact) mass is 568 g/mol. The zero-order valence-electron chi connectivity index (χ0n) is 23.8. The number of aryl methyl sites for hydroxylation is 1. The van der Waals surface area contributed by atoms with Crippen LogP contribution in [0.15, 0.2) is 55.2 Å². The van der Waals surface area contributed by atoms with E-state index in [2.05, 4.69) is 24.8 Å². The van der Waals surface area contributed by atoms with Crippen molar-refractivity contribution < 1.29 is 19.7 Å². The first-order chi connectivity index (χ1) is 20.5. The van der Waals surface area contributed by atoms with Crippen LogP contribution in [0.3, 0.4) is 0 Å². The van der Waals surface area contributed by atoms with Gasteiger partial charge >= 0.3 is 5.97 Å². The van der Waals surface area contributed by atoms with Gasteiger partial charge in [0.05, 0.1) is 30.8 Å². The van der Waals surface area contributed by atoms with Crippen LogP contribution in [0.5, 0.6) is 5.75 Å². The molecular weight excluding hydrogens is 532 g/mol. The second-order valence-electron chi connectivity index (χ2n) is 11.5. The first kappa shape index (κ1) is 28.1. The molecule has 0 spiro atoms. The van der Waals surface area contributed by atoms with Crippen LogP contribution in [0.2, 0.25) is 0 Å². The molecule has 4 atom stereocenters. The molecule has 1 aliphatic heterocycles. The summed E-state index contributed by atoms with van der Waals surface area (Å²) in [6, 6.07) is 7.48. The summed E-state index contributed by atoms with van der Waals surface area (Å²) in [7, 11) is 1.62. The highest BCUT2D eigenvalue weighted by Crippen LogP contribution is 2.35. The van der Waals surface area contributed by atoms with Crippen molar-refractivity contribution in [3.8, 4) is 17.3 Å². The Morgan fingerprint density at radius 3 is 2.83 bits per heavy atom. The number of aliphatic hydroxyl groups is 1. The molecule has 0 radical (unpaired) electrons. The number of aromatic nitrogens is 5. The lowest BCUT2D eigenvalue weighted by atomic mass is 9.80. The number of carboxylic acid groups (broad SMARTS) is 1. The number of likely N-dealkylation sites (tertiary alicyclic amines) is 1. The first-order valence-corrected chi connectivity index (χ1v) is 14.7. The number of nitrogens with zero attached hydrogens (tertiary/aromatic N) is 6. The zero-order chi connectivity index (χ0) is 29.1. The number of carbonyl (C=O) groups is 1. The Balaban J connectivity index is 1.05. The molecular formula is C32H36N6O4. The quantitative estimate of drug-likeness (QED) is 0.303. The van der Waals surface area contributed by atoms with E-state index in [-0.39, 0.29) is 5.92 Å². The number of piperidine rings is 1. The molecule has 3 aromatic heterocycles. The number of ether oxygens (including phenoxy) is 1. The average molecular weight is 569 g/mol. The fourth-order valence-electron chi connectivity index (χ4n) is 6.59. The van der Waals surface area contributed by atoms with Crippen molar-refractivity contribution in [3.05, 3.63) is 72.1 Å². The topological polar surface area (TPSA) is 134 Å². The van der Waals surface area contributed by atoms with Gasteiger partial charge in [0.1, 0.15) is 11.4 Å². The minimum Gasteiger partial charge on any atom is -0.497 e. The fraction of sp³-hybridized carbons (Fsp3) is 0.438. The minimum absolute atomic E-state index is 0.0241. The van der Waals surface area contributed by atoms with E-state index in [1.807, 2.05) is 30.5 Å². The molecule has 4 heterocycles. The van der Waals surface area contributed by atoms with E-state index in [0.29, 0.717) is 42.6 Å². The number of fused-ring (bicyclic) bond motifs is 2. The lowest BCUT2D eigenvalue weighted by molar-refractivity contribution is -0.146. The number of hydrogen-bond acceptors (Lipinski definition) is 9. The Labute approximate surface area is 244 Å². The summed E-state index contributed by atoms with van der Waals surface area (Å²) in [5.41, 5.74) is 4.51. The van der Waals surface area contributed by atoms with Gasteiger partial charge < -0.3 is 19.8 Å². The Morgan fingerprint density at radius 2 is 2.02 bits per heavy atom.